The Kier molecular flexibility index (Phi) is 4.93. The molecule has 0 aliphatic heterocycles. The lowest BCUT2D eigenvalue weighted by atomic mass is 9.89. The van der Waals surface area contributed by atoms with Crippen LogP contribution >= 0.6 is 11.6 Å². The summed E-state index contributed by atoms with van der Waals surface area (Å²) in [7, 11) is 1.77. The zero-order valence-corrected chi connectivity index (χ0v) is 12.2. The van der Waals surface area contributed by atoms with Crippen molar-refractivity contribution in [2.75, 3.05) is 0 Å². The van der Waals surface area contributed by atoms with E-state index in [2.05, 4.69) is 5.10 Å². The van der Waals surface area contributed by atoms with Gasteiger partial charge in [0.1, 0.15) is 5.60 Å². The van der Waals surface area contributed by atoms with Crippen LogP contribution in [0.2, 0.25) is 5.02 Å². The summed E-state index contributed by atoms with van der Waals surface area (Å²) < 4.78 is 1.63. The van der Waals surface area contributed by atoms with Crippen molar-refractivity contribution in [3.05, 3.63) is 16.4 Å². The molecule has 102 valence electrons. The number of ketones is 1. The average Bonchev–Trinajstić information content (AvgIpc) is 2.64. The molecule has 1 N–H and O–H groups in total. The SMILES string of the molecule is CCc1nn(C)c(CC(=O)C(O)(CC)CC)c1Cl. The Hall–Kier alpha value is -0.870. The third-order valence-electron chi connectivity index (χ3n) is 3.52. The van der Waals surface area contributed by atoms with Gasteiger partial charge >= 0.3 is 0 Å². The van der Waals surface area contributed by atoms with Crippen LogP contribution in [0, 0.1) is 0 Å². The van der Waals surface area contributed by atoms with Crippen molar-refractivity contribution in [1.82, 2.24) is 9.78 Å². The average molecular weight is 273 g/mol. The summed E-state index contributed by atoms with van der Waals surface area (Å²) >= 11 is 6.19. The molecular weight excluding hydrogens is 252 g/mol. The number of hydrogen-bond acceptors (Lipinski definition) is 3. The van der Waals surface area contributed by atoms with Crippen LogP contribution < -0.4 is 0 Å². The molecule has 0 amide bonds. The van der Waals surface area contributed by atoms with Crippen LogP contribution in [0.25, 0.3) is 0 Å². The predicted molar refractivity (Wildman–Crippen MR) is 71.8 cm³/mol. The van der Waals surface area contributed by atoms with E-state index in [1.165, 1.54) is 0 Å². The fourth-order valence-corrected chi connectivity index (χ4v) is 2.33. The highest BCUT2D eigenvalue weighted by Crippen LogP contribution is 2.24. The molecule has 0 atom stereocenters. The second-order valence-corrected chi connectivity index (χ2v) is 4.90. The van der Waals surface area contributed by atoms with Gasteiger partial charge in [0.05, 0.1) is 22.8 Å². The van der Waals surface area contributed by atoms with Crippen molar-refractivity contribution in [3.63, 3.8) is 0 Å². The minimum atomic E-state index is -1.25. The maximum absolute atomic E-state index is 12.1. The van der Waals surface area contributed by atoms with E-state index < -0.39 is 5.60 Å². The lowest BCUT2D eigenvalue weighted by Crippen LogP contribution is -2.38. The zero-order chi connectivity index (χ0) is 13.9. The van der Waals surface area contributed by atoms with Gasteiger partial charge in [-0.1, -0.05) is 32.4 Å². The molecule has 0 saturated carbocycles. The van der Waals surface area contributed by atoms with Crippen LogP contribution in [-0.2, 0) is 24.7 Å². The van der Waals surface area contributed by atoms with Gasteiger partial charge in [-0.2, -0.15) is 5.10 Å². The van der Waals surface area contributed by atoms with Gasteiger partial charge in [0, 0.05) is 7.05 Å². The van der Waals surface area contributed by atoms with Crippen molar-refractivity contribution in [1.29, 1.82) is 0 Å². The van der Waals surface area contributed by atoms with Crippen LogP contribution in [0.1, 0.15) is 45.0 Å². The van der Waals surface area contributed by atoms with Crippen molar-refractivity contribution in [2.24, 2.45) is 7.05 Å². The number of aliphatic hydroxyl groups is 1. The summed E-state index contributed by atoms with van der Waals surface area (Å²) in [5.41, 5.74) is 0.220. The first-order valence-corrected chi connectivity index (χ1v) is 6.73. The Balaban J connectivity index is 2.98. The molecule has 0 aliphatic carbocycles. The number of carbonyl (C=O) groups is 1. The summed E-state index contributed by atoms with van der Waals surface area (Å²) in [5, 5.41) is 15.0. The minimum Gasteiger partial charge on any atom is -0.382 e. The molecule has 0 unspecified atom stereocenters. The minimum absolute atomic E-state index is 0.126. The molecule has 0 aliphatic rings. The van der Waals surface area contributed by atoms with Crippen molar-refractivity contribution >= 4 is 17.4 Å². The largest absolute Gasteiger partial charge is 0.382 e. The summed E-state index contributed by atoms with van der Waals surface area (Å²) in [6.45, 7) is 5.59. The summed E-state index contributed by atoms with van der Waals surface area (Å²) in [4.78, 5) is 12.1. The molecule has 0 aromatic carbocycles. The monoisotopic (exact) mass is 272 g/mol. The number of Topliss-reactive ketones (excluding diaryl/α,β-unsaturated/α-hetero) is 1. The van der Waals surface area contributed by atoms with Gasteiger partial charge in [-0.25, -0.2) is 0 Å². The van der Waals surface area contributed by atoms with E-state index >= 15 is 0 Å². The second kappa shape index (κ2) is 5.85. The van der Waals surface area contributed by atoms with Gasteiger partial charge in [0.2, 0.25) is 0 Å². The fourth-order valence-electron chi connectivity index (χ4n) is 1.97. The Morgan fingerprint density at radius 1 is 1.39 bits per heavy atom. The lowest BCUT2D eigenvalue weighted by molar-refractivity contribution is -0.137. The Morgan fingerprint density at radius 3 is 2.33 bits per heavy atom. The number of rotatable bonds is 6. The highest BCUT2D eigenvalue weighted by molar-refractivity contribution is 6.32. The van der Waals surface area contributed by atoms with E-state index in [-0.39, 0.29) is 12.2 Å². The molecule has 1 heterocycles. The lowest BCUT2D eigenvalue weighted by Gasteiger charge is -2.23. The first kappa shape index (κ1) is 15.2. The molecule has 5 heteroatoms. The number of carbonyl (C=O) groups excluding carboxylic acids is 1. The van der Waals surface area contributed by atoms with Crippen molar-refractivity contribution in [3.8, 4) is 0 Å². The van der Waals surface area contributed by atoms with Crippen molar-refractivity contribution < 1.29 is 9.90 Å². The maximum atomic E-state index is 12.1. The number of nitrogens with zero attached hydrogens (tertiary/aromatic N) is 2. The number of hydrogen-bond donors (Lipinski definition) is 1. The smallest absolute Gasteiger partial charge is 0.170 e. The van der Waals surface area contributed by atoms with Gasteiger partial charge in [-0.3, -0.25) is 9.48 Å². The molecule has 0 bridgehead atoms. The van der Waals surface area contributed by atoms with E-state index in [1.807, 2.05) is 20.8 Å². The molecule has 0 fully saturated rings. The van der Waals surface area contributed by atoms with E-state index in [1.54, 1.807) is 11.7 Å². The number of halogens is 1. The molecule has 18 heavy (non-hydrogen) atoms. The Labute approximate surface area is 113 Å². The molecule has 0 saturated heterocycles. The molecule has 4 nitrogen and oxygen atoms in total. The van der Waals surface area contributed by atoms with Crippen LogP contribution in [0.15, 0.2) is 0 Å². The first-order chi connectivity index (χ1) is 8.39. The zero-order valence-electron chi connectivity index (χ0n) is 11.5. The molecule has 1 rings (SSSR count). The summed E-state index contributed by atoms with van der Waals surface area (Å²) in [6.07, 6.45) is 1.68. The molecular formula is C13H21ClN2O2. The highest BCUT2D eigenvalue weighted by Gasteiger charge is 2.32. The third kappa shape index (κ3) is 2.75. The predicted octanol–water partition coefficient (Wildman–Crippen LogP) is 2.30. The molecule has 0 spiro atoms. The van der Waals surface area contributed by atoms with Crippen molar-refractivity contribution in [2.45, 2.75) is 52.1 Å². The fraction of sp³-hybridized carbons (Fsp3) is 0.692. The Bertz CT molecular complexity index is 436. The third-order valence-corrected chi connectivity index (χ3v) is 3.96. The van der Waals surface area contributed by atoms with Gasteiger partial charge in [-0.15, -0.1) is 0 Å². The van der Waals surface area contributed by atoms with Crippen LogP contribution in [0.3, 0.4) is 0 Å². The van der Waals surface area contributed by atoms with E-state index in [9.17, 15) is 9.90 Å². The van der Waals surface area contributed by atoms with Gasteiger partial charge in [-0.05, 0) is 19.3 Å². The van der Waals surface area contributed by atoms with Crippen LogP contribution in [-0.4, -0.2) is 26.3 Å². The van der Waals surface area contributed by atoms with Gasteiger partial charge in [0.15, 0.2) is 5.78 Å². The quantitative estimate of drug-likeness (QED) is 0.865. The maximum Gasteiger partial charge on any atom is 0.170 e. The normalized spacial score (nSPS) is 11.9. The highest BCUT2D eigenvalue weighted by atomic mass is 35.5. The summed E-state index contributed by atoms with van der Waals surface area (Å²) in [5.74, 6) is -0.194. The molecule has 0 radical (unpaired) electrons. The number of aromatic nitrogens is 2. The standard InChI is InChI=1S/C13H21ClN2O2/c1-5-9-12(14)10(16(4)15-9)8-11(17)13(18,6-2)7-3/h18H,5-8H2,1-4H3. The number of aryl methyl sites for hydroxylation is 2. The molecule has 1 aromatic heterocycles. The second-order valence-electron chi connectivity index (χ2n) is 4.52. The molecule has 1 aromatic rings. The van der Waals surface area contributed by atoms with Crippen LogP contribution in [0.5, 0.6) is 0 Å². The van der Waals surface area contributed by atoms with E-state index in [0.29, 0.717) is 23.6 Å². The Morgan fingerprint density at radius 2 is 1.94 bits per heavy atom. The van der Waals surface area contributed by atoms with E-state index in [0.717, 1.165) is 12.1 Å². The van der Waals surface area contributed by atoms with Gasteiger partial charge < -0.3 is 5.11 Å². The topological polar surface area (TPSA) is 55.1 Å². The first-order valence-electron chi connectivity index (χ1n) is 6.35. The summed E-state index contributed by atoms with van der Waals surface area (Å²) in [6, 6.07) is 0. The van der Waals surface area contributed by atoms with Crippen LogP contribution in [0.4, 0.5) is 0 Å². The van der Waals surface area contributed by atoms with Gasteiger partial charge in [0.25, 0.3) is 0 Å². The van der Waals surface area contributed by atoms with E-state index in [4.69, 9.17) is 11.6 Å².